The van der Waals surface area contributed by atoms with Gasteiger partial charge in [0, 0.05) is 19.6 Å². The van der Waals surface area contributed by atoms with Crippen molar-refractivity contribution in [1.82, 2.24) is 15.3 Å². The van der Waals surface area contributed by atoms with Gasteiger partial charge in [-0.05, 0) is 24.5 Å². The van der Waals surface area contributed by atoms with E-state index in [1.54, 1.807) is 6.20 Å². The zero-order valence-electron chi connectivity index (χ0n) is 15.9. The number of ether oxygens (including phenoxy) is 1. The predicted octanol–water partition coefficient (Wildman–Crippen LogP) is 2.83. The smallest absolute Gasteiger partial charge is 0.271 e. The summed E-state index contributed by atoms with van der Waals surface area (Å²) in [5, 5.41) is 6.18. The minimum absolute atomic E-state index is 0.191. The van der Waals surface area contributed by atoms with Gasteiger partial charge in [0.15, 0.2) is 0 Å². The molecule has 7 nitrogen and oxygen atoms in total. The lowest BCUT2D eigenvalue weighted by atomic mass is 10.1. The summed E-state index contributed by atoms with van der Waals surface area (Å²) in [6.07, 6.45) is 4.04. The van der Waals surface area contributed by atoms with Gasteiger partial charge in [0.1, 0.15) is 11.5 Å². The lowest BCUT2D eigenvalue weighted by Gasteiger charge is -2.30. The maximum atomic E-state index is 12.1. The first-order valence-electron chi connectivity index (χ1n) is 9.42. The molecule has 7 heteroatoms. The van der Waals surface area contributed by atoms with E-state index in [2.05, 4.69) is 45.4 Å². The van der Waals surface area contributed by atoms with Crippen LogP contribution in [-0.4, -0.2) is 48.7 Å². The Hall–Kier alpha value is -2.67. The summed E-state index contributed by atoms with van der Waals surface area (Å²) in [6, 6.07) is 8.10. The molecular formula is C20H27N5O2. The quantitative estimate of drug-likeness (QED) is 0.781. The Morgan fingerprint density at radius 2 is 1.96 bits per heavy atom. The molecule has 2 aromatic rings. The number of para-hydroxylation sites is 2. The van der Waals surface area contributed by atoms with Crippen LogP contribution >= 0.6 is 0 Å². The Labute approximate surface area is 160 Å². The molecule has 0 atom stereocenters. The van der Waals surface area contributed by atoms with E-state index in [0.29, 0.717) is 24.0 Å². The van der Waals surface area contributed by atoms with Crippen molar-refractivity contribution in [3.05, 3.63) is 42.4 Å². The molecule has 3 rings (SSSR count). The highest BCUT2D eigenvalue weighted by atomic mass is 16.5. The molecule has 1 aromatic heterocycles. The number of rotatable bonds is 7. The van der Waals surface area contributed by atoms with Crippen LogP contribution in [0.5, 0.6) is 0 Å². The number of benzene rings is 1. The summed E-state index contributed by atoms with van der Waals surface area (Å²) in [5.41, 5.74) is 2.40. The Kier molecular flexibility index (Phi) is 6.59. The molecule has 1 saturated heterocycles. The van der Waals surface area contributed by atoms with Crippen molar-refractivity contribution in [2.24, 2.45) is 5.92 Å². The van der Waals surface area contributed by atoms with Gasteiger partial charge in [-0.3, -0.25) is 4.79 Å². The number of nitrogens with one attached hydrogen (secondary N) is 2. The SMILES string of the molecule is CC(C)CCNC(=O)c1cnc(Nc2ccccc2N2CCOCC2)cn1. The zero-order chi connectivity index (χ0) is 19.1. The molecule has 1 aliphatic heterocycles. The minimum atomic E-state index is -0.191. The third kappa shape index (κ3) is 5.40. The average Bonchev–Trinajstić information content (AvgIpc) is 2.69. The molecule has 0 bridgehead atoms. The van der Waals surface area contributed by atoms with E-state index in [-0.39, 0.29) is 5.91 Å². The fourth-order valence-electron chi connectivity index (χ4n) is 2.87. The molecule has 1 amide bonds. The van der Waals surface area contributed by atoms with Crippen LogP contribution < -0.4 is 15.5 Å². The minimum Gasteiger partial charge on any atom is -0.378 e. The van der Waals surface area contributed by atoms with Crippen molar-refractivity contribution in [3.8, 4) is 0 Å². The van der Waals surface area contributed by atoms with Crippen LogP contribution in [0, 0.1) is 5.92 Å². The van der Waals surface area contributed by atoms with Gasteiger partial charge in [0.05, 0.1) is 37.0 Å². The summed E-state index contributed by atoms with van der Waals surface area (Å²) in [7, 11) is 0. The third-order valence-electron chi connectivity index (χ3n) is 4.41. The zero-order valence-corrected chi connectivity index (χ0v) is 15.9. The largest absolute Gasteiger partial charge is 0.378 e. The first-order chi connectivity index (χ1) is 13.1. The van der Waals surface area contributed by atoms with Crippen LogP contribution in [0.25, 0.3) is 0 Å². The van der Waals surface area contributed by atoms with Gasteiger partial charge in [-0.1, -0.05) is 26.0 Å². The maximum absolute atomic E-state index is 12.1. The maximum Gasteiger partial charge on any atom is 0.271 e. The molecule has 0 aliphatic carbocycles. The predicted molar refractivity (Wildman–Crippen MR) is 107 cm³/mol. The van der Waals surface area contributed by atoms with E-state index in [9.17, 15) is 4.79 Å². The van der Waals surface area contributed by atoms with E-state index in [0.717, 1.165) is 44.1 Å². The Bertz CT molecular complexity index is 742. The molecule has 2 heterocycles. The average molecular weight is 369 g/mol. The van der Waals surface area contributed by atoms with Gasteiger partial charge in [-0.15, -0.1) is 0 Å². The molecule has 1 fully saturated rings. The normalized spacial score (nSPS) is 14.3. The number of hydrogen-bond donors (Lipinski definition) is 2. The number of morpholine rings is 1. The van der Waals surface area contributed by atoms with Crippen LogP contribution in [0.4, 0.5) is 17.2 Å². The van der Waals surface area contributed by atoms with E-state index >= 15 is 0 Å². The molecular weight excluding hydrogens is 342 g/mol. The molecule has 27 heavy (non-hydrogen) atoms. The number of carbonyl (C=O) groups excluding carboxylic acids is 1. The van der Waals surface area contributed by atoms with Crippen molar-refractivity contribution in [2.75, 3.05) is 43.1 Å². The number of anilines is 3. The highest BCUT2D eigenvalue weighted by Crippen LogP contribution is 2.28. The number of aromatic nitrogens is 2. The van der Waals surface area contributed by atoms with Crippen LogP contribution in [0.3, 0.4) is 0 Å². The Morgan fingerprint density at radius 1 is 1.19 bits per heavy atom. The van der Waals surface area contributed by atoms with Gasteiger partial charge < -0.3 is 20.3 Å². The number of amides is 1. The van der Waals surface area contributed by atoms with Crippen molar-refractivity contribution in [3.63, 3.8) is 0 Å². The molecule has 0 spiro atoms. The van der Waals surface area contributed by atoms with Crippen molar-refractivity contribution < 1.29 is 9.53 Å². The fourth-order valence-corrected chi connectivity index (χ4v) is 2.87. The van der Waals surface area contributed by atoms with E-state index in [1.165, 1.54) is 6.20 Å². The lowest BCUT2D eigenvalue weighted by molar-refractivity contribution is 0.0946. The Balaban J connectivity index is 1.64. The second-order valence-electron chi connectivity index (χ2n) is 6.97. The summed E-state index contributed by atoms with van der Waals surface area (Å²) in [4.78, 5) is 23.0. The summed E-state index contributed by atoms with van der Waals surface area (Å²) in [6.45, 7) is 8.08. The van der Waals surface area contributed by atoms with Crippen molar-refractivity contribution >= 4 is 23.1 Å². The summed E-state index contributed by atoms with van der Waals surface area (Å²) in [5.74, 6) is 0.965. The molecule has 144 valence electrons. The van der Waals surface area contributed by atoms with Gasteiger partial charge in [-0.2, -0.15) is 0 Å². The highest BCUT2D eigenvalue weighted by molar-refractivity contribution is 5.92. The standard InChI is InChI=1S/C20H27N5O2/c1-15(2)7-8-21-20(26)17-13-23-19(14-22-17)24-16-5-3-4-6-18(16)25-9-11-27-12-10-25/h3-6,13-15H,7-12H2,1-2H3,(H,21,26)(H,23,24). The van der Waals surface area contributed by atoms with Crippen LogP contribution in [0.2, 0.25) is 0 Å². The molecule has 0 saturated carbocycles. The summed E-state index contributed by atoms with van der Waals surface area (Å²) >= 11 is 0. The van der Waals surface area contributed by atoms with Gasteiger partial charge in [-0.25, -0.2) is 9.97 Å². The first-order valence-corrected chi connectivity index (χ1v) is 9.42. The monoisotopic (exact) mass is 369 g/mol. The third-order valence-corrected chi connectivity index (χ3v) is 4.41. The second kappa shape index (κ2) is 9.32. The van der Waals surface area contributed by atoms with Crippen molar-refractivity contribution in [2.45, 2.75) is 20.3 Å². The molecule has 2 N–H and O–H groups in total. The molecule has 0 radical (unpaired) electrons. The topological polar surface area (TPSA) is 79.4 Å². The number of nitrogens with zero attached hydrogens (tertiary/aromatic N) is 3. The van der Waals surface area contributed by atoms with Crippen molar-refractivity contribution in [1.29, 1.82) is 0 Å². The highest BCUT2D eigenvalue weighted by Gasteiger charge is 2.15. The summed E-state index contributed by atoms with van der Waals surface area (Å²) < 4.78 is 5.43. The van der Waals surface area contributed by atoms with Gasteiger partial charge in [0.25, 0.3) is 5.91 Å². The number of hydrogen-bond acceptors (Lipinski definition) is 6. The first kappa shape index (κ1) is 19.1. The Morgan fingerprint density at radius 3 is 2.67 bits per heavy atom. The molecule has 1 aromatic carbocycles. The lowest BCUT2D eigenvalue weighted by Crippen LogP contribution is -2.36. The van der Waals surface area contributed by atoms with E-state index < -0.39 is 0 Å². The fraction of sp³-hybridized carbons (Fsp3) is 0.450. The molecule has 1 aliphatic rings. The molecule has 0 unspecified atom stereocenters. The number of carbonyl (C=O) groups is 1. The van der Waals surface area contributed by atoms with Crippen LogP contribution in [0.15, 0.2) is 36.7 Å². The van der Waals surface area contributed by atoms with Crippen LogP contribution in [0.1, 0.15) is 30.8 Å². The van der Waals surface area contributed by atoms with Gasteiger partial charge >= 0.3 is 0 Å². The van der Waals surface area contributed by atoms with Crippen LogP contribution in [-0.2, 0) is 4.74 Å². The van der Waals surface area contributed by atoms with E-state index in [4.69, 9.17) is 4.74 Å². The van der Waals surface area contributed by atoms with Gasteiger partial charge in [0.2, 0.25) is 0 Å². The second-order valence-corrected chi connectivity index (χ2v) is 6.97. The van der Waals surface area contributed by atoms with E-state index in [1.807, 2.05) is 18.2 Å².